The van der Waals surface area contributed by atoms with Crippen molar-refractivity contribution in [2.24, 2.45) is 34.5 Å². The second-order valence-electron chi connectivity index (χ2n) is 10.2. The number of Topliss-reactive ketones (excluding diaryl/α,β-unsaturated/α-hetero) is 2. The molecule has 4 fully saturated rings. The van der Waals surface area contributed by atoms with E-state index in [4.69, 9.17) is 9.47 Å². The third-order valence-electron chi connectivity index (χ3n) is 8.79. The zero-order valence-corrected chi connectivity index (χ0v) is 17.9. The highest BCUT2D eigenvalue weighted by molar-refractivity contribution is 5.91. The maximum atomic E-state index is 13.7. The lowest BCUT2D eigenvalue weighted by molar-refractivity contribution is -0.196. The second kappa shape index (κ2) is 6.92. The highest BCUT2D eigenvalue weighted by Gasteiger charge is 2.66. The van der Waals surface area contributed by atoms with Gasteiger partial charge in [-0.1, -0.05) is 13.8 Å². The first kappa shape index (κ1) is 20.5. The van der Waals surface area contributed by atoms with E-state index in [0.29, 0.717) is 18.6 Å². The minimum Gasteiger partial charge on any atom is -0.463 e. The molecule has 6 heteroatoms. The average Bonchev–Trinajstić information content (AvgIpc) is 2.94. The topological polar surface area (TPSA) is 86.7 Å². The van der Waals surface area contributed by atoms with Gasteiger partial charge >= 0.3 is 11.9 Å². The Morgan fingerprint density at radius 2 is 1.62 bits per heavy atom. The van der Waals surface area contributed by atoms with Crippen molar-refractivity contribution in [3.8, 4) is 0 Å². The van der Waals surface area contributed by atoms with Crippen molar-refractivity contribution < 1.29 is 28.7 Å². The Morgan fingerprint density at radius 1 is 0.931 bits per heavy atom. The molecule has 0 aromatic heterocycles. The molecule has 0 radical (unpaired) electrons. The van der Waals surface area contributed by atoms with Crippen molar-refractivity contribution >= 4 is 23.5 Å². The summed E-state index contributed by atoms with van der Waals surface area (Å²) in [6.45, 7) is 6.99. The summed E-state index contributed by atoms with van der Waals surface area (Å²) in [4.78, 5) is 49.7. The van der Waals surface area contributed by atoms with Gasteiger partial charge in [-0.15, -0.1) is 0 Å². The van der Waals surface area contributed by atoms with Gasteiger partial charge in [0, 0.05) is 37.5 Å². The fourth-order valence-electron chi connectivity index (χ4n) is 7.39. The molecule has 0 aromatic carbocycles. The van der Waals surface area contributed by atoms with Gasteiger partial charge in [-0.2, -0.15) is 0 Å². The van der Waals surface area contributed by atoms with E-state index in [1.54, 1.807) is 0 Å². The lowest BCUT2D eigenvalue weighted by Crippen LogP contribution is -2.63. The zero-order chi connectivity index (χ0) is 21.1. The molecular weight excluding hydrogens is 372 g/mol. The van der Waals surface area contributed by atoms with Gasteiger partial charge in [0.1, 0.15) is 11.9 Å². The Hall–Kier alpha value is -1.72. The van der Waals surface area contributed by atoms with Crippen LogP contribution in [0, 0.1) is 34.5 Å². The molecule has 0 heterocycles. The summed E-state index contributed by atoms with van der Waals surface area (Å²) in [5.41, 5.74) is -0.611. The van der Waals surface area contributed by atoms with E-state index in [9.17, 15) is 19.2 Å². The smallest absolute Gasteiger partial charge is 0.303 e. The normalized spacial score (nSPS) is 46.3. The molecule has 4 aliphatic carbocycles. The van der Waals surface area contributed by atoms with Gasteiger partial charge in [-0.3, -0.25) is 19.2 Å². The van der Waals surface area contributed by atoms with Crippen LogP contribution in [-0.4, -0.2) is 35.7 Å². The number of fused-ring (bicyclic) bond motifs is 5. The van der Waals surface area contributed by atoms with Crippen molar-refractivity contribution in [3.63, 3.8) is 0 Å². The van der Waals surface area contributed by atoms with E-state index in [1.807, 2.05) is 6.92 Å². The van der Waals surface area contributed by atoms with Crippen molar-refractivity contribution in [1.82, 2.24) is 0 Å². The van der Waals surface area contributed by atoms with Gasteiger partial charge in [0.25, 0.3) is 0 Å². The van der Waals surface area contributed by atoms with E-state index in [-0.39, 0.29) is 46.9 Å². The largest absolute Gasteiger partial charge is 0.463 e. The van der Waals surface area contributed by atoms with Crippen LogP contribution in [0.15, 0.2) is 0 Å². The van der Waals surface area contributed by atoms with Crippen LogP contribution in [0.4, 0.5) is 0 Å². The third kappa shape index (κ3) is 3.05. The van der Waals surface area contributed by atoms with E-state index in [0.717, 1.165) is 32.1 Å². The van der Waals surface area contributed by atoms with Crippen molar-refractivity contribution in [2.75, 3.05) is 0 Å². The maximum absolute atomic E-state index is 13.7. The Labute approximate surface area is 172 Å². The molecule has 0 N–H and O–H groups in total. The molecule has 6 nitrogen and oxygen atoms in total. The van der Waals surface area contributed by atoms with Gasteiger partial charge < -0.3 is 9.47 Å². The standard InChI is InChI=1S/C23H32O6/c1-12(24)28-14-7-9-22(3)16-8-10-23(4)15(5-6-18(23)26)19(16)21(29-13(2)25)20(27)17(22)11-14/h14-17,19,21H,5-11H2,1-4H3. The summed E-state index contributed by atoms with van der Waals surface area (Å²) in [5.74, 6) is -0.576. The first-order valence-corrected chi connectivity index (χ1v) is 11.0. The van der Waals surface area contributed by atoms with Gasteiger partial charge in [-0.25, -0.2) is 0 Å². The second-order valence-corrected chi connectivity index (χ2v) is 10.2. The molecule has 160 valence electrons. The van der Waals surface area contributed by atoms with Crippen molar-refractivity contribution in [3.05, 3.63) is 0 Å². The first-order chi connectivity index (χ1) is 13.6. The van der Waals surface area contributed by atoms with Crippen LogP contribution in [0.3, 0.4) is 0 Å². The van der Waals surface area contributed by atoms with Crippen LogP contribution in [-0.2, 0) is 28.7 Å². The third-order valence-corrected chi connectivity index (χ3v) is 8.79. The maximum Gasteiger partial charge on any atom is 0.303 e. The van der Waals surface area contributed by atoms with Gasteiger partial charge in [0.2, 0.25) is 0 Å². The molecule has 4 rings (SSSR count). The summed E-state index contributed by atoms with van der Waals surface area (Å²) in [5, 5.41) is 0. The van der Waals surface area contributed by atoms with Gasteiger partial charge in [0.05, 0.1) is 0 Å². The fraction of sp³-hybridized carbons (Fsp3) is 0.826. The van der Waals surface area contributed by atoms with Crippen LogP contribution >= 0.6 is 0 Å². The minimum atomic E-state index is -0.790. The molecule has 8 unspecified atom stereocenters. The summed E-state index contributed by atoms with van der Waals surface area (Å²) >= 11 is 0. The van der Waals surface area contributed by atoms with E-state index in [2.05, 4.69) is 6.92 Å². The summed E-state index contributed by atoms with van der Waals surface area (Å²) in [6, 6.07) is 0. The molecule has 4 saturated carbocycles. The van der Waals surface area contributed by atoms with E-state index in [1.165, 1.54) is 13.8 Å². The molecule has 0 aromatic rings. The fourth-order valence-corrected chi connectivity index (χ4v) is 7.39. The number of carbonyl (C=O) groups excluding carboxylic acids is 4. The molecular formula is C23H32O6. The predicted octanol–water partition coefficient (Wildman–Crippen LogP) is 3.25. The van der Waals surface area contributed by atoms with Crippen LogP contribution in [0.1, 0.15) is 72.6 Å². The quantitative estimate of drug-likeness (QED) is 0.657. The zero-order valence-electron chi connectivity index (χ0n) is 17.9. The molecule has 0 amide bonds. The van der Waals surface area contributed by atoms with Crippen molar-refractivity contribution in [2.45, 2.75) is 84.8 Å². The highest BCUT2D eigenvalue weighted by Crippen LogP contribution is 2.65. The van der Waals surface area contributed by atoms with Crippen LogP contribution in [0.25, 0.3) is 0 Å². The number of rotatable bonds is 2. The number of ether oxygens (including phenoxy) is 2. The van der Waals surface area contributed by atoms with Crippen LogP contribution in [0.2, 0.25) is 0 Å². The molecule has 0 aliphatic heterocycles. The first-order valence-electron chi connectivity index (χ1n) is 11.0. The number of esters is 2. The monoisotopic (exact) mass is 404 g/mol. The van der Waals surface area contributed by atoms with E-state index >= 15 is 0 Å². The molecule has 0 saturated heterocycles. The number of hydrogen-bond acceptors (Lipinski definition) is 6. The summed E-state index contributed by atoms with van der Waals surface area (Å²) in [6.07, 6.45) is 4.06. The molecule has 29 heavy (non-hydrogen) atoms. The summed E-state index contributed by atoms with van der Waals surface area (Å²) in [7, 11) is 0. The van der Waals surface area contributed by atoms with Crippen LogP contribution in [0.5, 0.6) is 0 Å². The number of carbonyl (C=O) groups is 4. The SMILES string of the molecule is CC(=O)OC1CCC2(C)C(C1)C(=O)C(OC(C)=O)C1C3CCC(=O)C3(C)CCC12. The Kier molecular flexibility index (Phi) is 4.90. The number of hydrogen-bond donors (Lipinski definition) is 0. The average molecular weight is 405 g/mol. The summed E-state index contributed by atoms with van der Waals surface area (Å²) < 4.78 is 11.1. The van der Waals surface area contributed by atoms with Gasteiger partial charge in [-0.05, 0) is 55.8 Å². The Balaban J connectivity index is 1.72. The molecule has 0 bridgehead atoms. The molecule has 0 spiro atoms. The highest BCUT2D eigenvalue weighted by atomic mass is 16.5. The van der Waals surface area contributed by atoms with Crippen molar-refractivity contribution in [1.29, 1.82) is 0 Å². The minimum absolute atomic E-state index is 0.0376. The van der Waals surface area contributed by atoms with Gasteiger partial charge in [0.15, 0.2) is 11.9 Å². The van der Waals surface area contributed by atoms with Crippen LogP contribution < -0.4 is 0 Å². The Morgan fingerprint density at radius 3 is 2.28 bits per heavy atom. The molecule has 8 atom stereocenters. The lowest BCUT2D eigenvalue weighted by atomic mass is 9.44. The Bertz CT molecular complexity index is 758. The lowest BCUT2D eigenvalue weighted by Gasteiger charge is -2.60. The number of ketones is 2. The van der Waals surface area contributed by atoms with E-state index < -0.39 is 17.5 Å². The molecule has 4 aliphatic rings. The predicted molar refractivity (Wildman–Crippen MR) is 104 cm³/mol.